The third-order valence-electron chi connectivity index (χ3n) is 2.16. The van der Waals surface area contributed by atoms with Crippen LogP contribution in [-0.2, 0) is 4.74 Å². The molecule has 0 saturated heterocycles. The molecule has 6 heteroatoms. The minimum atomic E-state index is -4.14. The van der Waals surface area contributed by atoms with Crippen LogP contribution in [0.3, 0.4) is 0 Å². The second-order valence-electron chi connectivity index (χ2n) is 4.14. The van der Waals surface area contributed by atoms with Crippen molar-refractivity contribution >= 4 is 0 Å². The molecule has 1 unspecified atom stereocenters. The van der Waals surface area contributed by atoms with E-state index in [0.717, 1.165) is 0 Å². The highest BCUT2D eigenvalue weighted by Gasteiger charge is 2.28. The fourth-order valence-electron chi connectivity index (χ4n) is 1.29. The first kappa shape index (κ1) is 15.7. The zero-order valence-electron chi connectivity index (χ0n) is 9.73. The highest BCUT2D eigenvalue weighted by Crippen LogP contribution is 2.24. The summed E-state index contributed by atoms with van der Waals surface area (Å²) in [6, 6.07) is 0. The molecule has 0 fully saturated rings. The van der Waals surface area contributed by atoms with Crippen molar-refractivity contribution in [2.45, 2.75) is 38.0 Å². The van der Waals surface area contributed by atoms with Crippen molar-refractivity contribution in [2.75, 3.05) is 26.8 Å². The topological polar surface area (TPSA) is 41.5 Å². The SMILES string of the molecule is COCCNCC(C)(O)CCCC(F)(F)F. The first-order valence-electron chi connectivity index (χ1n) is 5.26. The Hall–Kier alpha value is -0.330. The normalized spacial score (nSPS) is 16.1. The number of ether oxygens (including phenoxy) is 1. The largest absolute Gasteiger partial charge is 0.389 e. The van der Waals surface area contributed by atoms with E-state index >= 15 is 0 Å². The summed E-state index contributed by atoms with van der Waals surface area (Å²) >= 11 is 0. The molecule has 0 amide bonds. The maximum atomic E-state index is 11.9. The molecule has 0 spiro atoms. The van der Waals surface area contributed by atoms with Crippen LogP contribution in [0.1, 0.15) is 26.2 Å². The Balaban J connectivity index is 3.62. The second kappa shape index (κ2) is 7.09. The number of alkyl halides is 3. The summed E-state index contributed by atoms with van der Waals surface area (Å²) in [4.78, 5) is 0. The van der Waals surface area contributed by atoms with E-state index in [1.54, 1.807) is 7.11 Å². The summed E-state index contributed by atoms with van der Waals surface area (Å²) < 4.78 is 40.4. The fourth-order valence-corrected chi connectivity index (χ4v) is 1.29. The first-order valence-corrected chi connectivity index (χ1v) is 5.26. The van der Waals surface area contributed by atoms with Crippen molar-refractivity contribution < 1.29 is 23.0 Å². The third-order valence-corrected chi connectivity index (χ3v) is 2.16. The average molecular weight is 243 g/mol. The first-order chi connectivity index (χ1) is 7.27. The van der Waals surface area contributed by atoms with Gasteiger partial charge in [-0.2, -0.15) is 13.2 Å². The van der Waals surface area contributed by atoms with Gasteiger partial charge in [-0.1, -0.05) is 0 Å². The van der Waals surface area contributed by atoms with Gasteiger partial charge in [-0.15, -0.1) is 0 Å². The Morgan fingerprint density at radius 2 is 1.88 bits per heavy atom. The smallest absolute Gasteiger partial charge is 0.389 e. The number of aliphatic hydroxyl groups is 1. The van der Waals surface area contributed by atoms with Crippen molar-refractivity contribution in [3.05, 3.63) is 0 Å². The Kier molecular flexibility index (Phi) is 6.94. The number of rotatable bonds is 8. The van der Waals surface area contributed by atoms with E-state index in [1.807, 2.05) is 0 Å². The summed E-state index contributed by atoms with van der Waals surface area (Å²) in [5.74, 6) is 0. The van der Waals surface area contributed by atoms with Gasteiger partial charge >= 0.3 is 6.18 Å². The van der Waals surface area contributed by atoms with Crippen LogP contribution in [0.4, 0.5) is 13.2 Å². The van der Waals surface area contributed by atoms with Crippen LogP contribution in [0.25, 0.3) is 0 Å². The number of hydrogen-bond acceptors (Lipinski definition) is 3. The zero-order valence-corrected chi connectivity index (χ0v) is 9.73. The van der Waals surface area contributed by atoms with E-state index in [0.29, 0.717) is 13.2 Å². The number of methoxy groups -OCH3 is 1. The molecule has 0 bridgehead atoms. The maximum absolute atomic E-state index is 11.9. The minimum absolute atomic E-state index is 0.0531. The molecule has 0 aliphatic carbocycles. The number of nitrogens with one attached hydrogen (secondary N) is 1. The molecule has 0 aliphatic heterocycles. The molecule has 98 valence electrons. The van der Waals surface area contributed by atoms with Crippen LogP contribution in [0, 0.1) is 0 Å². The molecule has 0 aromatic heterocycles. The number of halogens is 3. The molecule has 0 saturated carbocycles. The van der Waals surface area contributed by atoms with Gasteiger partial charge in [-0.3, -0.25) is 0 Å². The van der Waals surface area contributed by atoms with Gasteiger partial charge in [0.15, 0.2) is 0 Å². The standard InChI is InChI=1S/C10H20F3NO2/c1-9(15,8-14-6-7-16-2)4-3-5-10(11,12)13/h14-15H,3-8H2,1-2H3. The molecule has 1 atom stereocenters. The van der Waals surface area contributed by atoms with Gasteiger partial charge in [-0.25, -0.2) is 0 Å². The Bertz CT molecular complexity index is 183. The Labute approximate surface area is 94.0 Å². The molecule has 3 nitrogen and oxygen atoms in total. The van der Waals surface area contributed by atoms with Crippen LogP contribution >= 0.6 is 0 Å². The van der Waals surface area contributed by atoms with Crippen molar-refractivity contribution in [3.63, 3.8) is 0 Å². The van der Waals surface area contributed by atoms with Crippen molar-refractivity contribution in [1.29, 1.82) is 0 Å². The summed E-state index contributed by atoms with van der Waals surface area (Å²) in [5, 5.41) is 12.7. The second-order valence-corrected chi connectivity index (χ2v) is 4.14. The third kappa shape index (κ3) is 10.2. The Morgan fingerprint density at radius 1 is 1.25 bits per heavy atom. The summed E-state index contributed by atoms with van der Waals surface area (Å²) in [5.41, 5.74) is -1.10. The lowest BCUT2D eigenvalue weighted by Gasteiger charge is -2.24. The highest BCUT2D eigenvalue weighted by molar-refractivity contribution is 4.75. The quantitative estimate of drug-likeness (QED) is 0.638. The van der Waals surface area contributed by atoms with E-state index in [-0.39, 0.29) is 19.4 Å². The lowest BCUT2D eigenvalue weighted by molar-refractivity contribution is -0.137. The van der Waals surface area contributed by atoms with Gasteiger partial charge in [0.1, 0.15) is 0 Å². The molecular weight excluding hydrogens is 223 g/mol. The fraction of sp³-hybridized carbons (Fsp3) is 1.00. The van der Waals surface area contributed by atoms with E-state index in [2.05, 4.69) is 5.32 Å². The van der Waals surface area contributed by atoms with Gasteiger partial charge < -0.3 is 15.2 Å². The molecule has 0 aromatic rings. The van der Waals surface area contributed by atoms with E-state index in [9.17, 15) is 18.3 Å². The predicted octanol–water partition coefficient (Wildman–Crippen LogP) is 1.71. The van der Waals surface area contributed by atoms with Crippen LogP contribution in [0.15, 0.2) is 0 Å². The van der Waals surface area contributed by atoms with Gasteiger partial charge in [0.25, 0.3) is 0 Å². The van der Waals surface area contributed by atoms with Crippen molar-refractivity contribution in [3.8, 4) is 0 Å². The highest BCUT2D eigenvalue weighted by atomic mass is 19.4. The molecule has 0 radical (unpaired) electrons. The molecule has 0 aromatic carbocycles. The molecule has 0 aliphatic rings. The maximum Gasteiger partial charge on any atom is 0.389 e. The van der Waals surface area contributed by atoms with Crippen molar-refractivity contribution in [2.24, 2.45) is 0 Å². The Morgan fingerprint density at radius 3 is 2.38 bits per heavy atom. The zero-order chi connectivity index (χ0) is 12.7. The minimum Gasteiger partial charge on any atom is -0.389 e. The lowest BCUT2D eigenvalue weighted by Crippen LogP contribution is -2.39. The van der Waals surface area contributed by atoms with Crippen LogP contribution in [-0.4, -0.2) is 43.7 Å². The van der Waals surface area contributed by atoms with Gasteiger partial charge in [0.05, 0.1) is 12.2 Å². The van der Waals surface area contributed by atoms with Crippen LogP contribution < -0.4 is 5.32 Å². The van der Waals surface area contributed by atoms with Crippen LogP contribution in [0.5, 0.6) is 0 Å². The predicted molar refractivity (Wildman–Crippen MR) is 55.3 cm³/mol. The van der Waals surface area contributed by atoms with E-state index < -0.39 is 18.2 Å². The average Bonchev–Trinajstić information content (AvgIpc) is 2.10. The molecule has 16 heavy (non-hydrogen) atoms. The molecule has 0 rings (SSSR count). The van der Waals surface area contributed by atoms with Gasteiger partial charge in [0.2, 0.25) is 0 Å². The van der Waals surface area contributed by atoms with E-state index in [1.165, 1.54) is 6.92 Å². The molecule has 2 N–H and O–H groups in total. The molecular formula is C10H20F3NO2. The monoisotopic (exact) mass is 243 g/mol. The molecule has 0 heterocycles. The van der Waals surface area contributed by atoms with E-state index in [4.69, 9.17) is 4.74 Å². The van der Waals surface area contributed by atoms with Crippen molar-refractivity contribution in [1.82, 2.24) is 5.32 Å². The van der Waals surface area contributed by atoms with Gasteiger partial charge in [-0.05, 0) is 19.8 Å². The van der Waals surface area contributed by atoms with Crippen LogP contribution in [0.2, 0.25) is 0 Å². The summed E-state index contributed by atoms with van der Waals surface area (Å²) in [7, 11) is 1.56. The summed E-state index contributed by atoms with van der Waals surface area (Å²) in [6.07, 6.45) is -4.91. The number of hydrogen-bond donors (Lipinski definition) is 2. The lowest BCUT2D eigenvalue weighted by atomic mass is 9.99. The summed E-state index contributed by atoms with van der Waals surface area (Å²) in [6.45, 7) is 2.89. The van der Waals surface area contributed by atoms with Gasteiger partial charge in [0, 0.05) is 26.6 Å².